The molecule has 6 heteroatoms. The van der Waals surface area contributed by atoms with Gasteiger partial charge in [0.1, 0.15) is 11.9 Å². The molecule has 1 unspecified atom stereocenters. The van der Waals surface area contributed by atoms with Gasteiger partial charge in [-0.05, 0) is 17.7 Å². The van der Waals surface area contributed by atoms with E-state index in [9.17, 15) is 14.3 Å². The number of aromatic amines is 1. The van der Waals surface area contributed by atoms with E-state index in [1.165, 1.54) is 6.07 Å². The van der Waals surface area contributed by atoms with E-state index in [1.54, 1.807) is 18.2 Å². The number of carboxylic acid groups (broad SMARTS) is 1. The molecular formula is C18H17ClFN2O2-. The summed E-state index contributed by atoms with van der Waals surface area (Å²) >= 11 is 0. The monoisotopic (exact) mass is 347 g/mol. The van der Waals surface area contributed by atoms with E-state index in [1.807, 2.05) is 30.5 Å². The molecule has 0 aliphatic rings. The predicted octanol–water partition coefficient (Wildman–Crippen LogP) is 0.0965. The minimum absolute atomic E-state index is 0. The molecule has 24 heavy (non-hydrogen) atoms. The van der Waals surface area contributed by atoms with E-state index in [0.717, 1.165) is 16.5 Å². The molecule has 0 spiro atoms. The highest BCUT2D eigenvalue weighted by Crippen LogP contribution is 2.19. The highest BCUT2D eigenvalue weighted by Gasteiger charge is 2.19. The van der Waals surface area contributed by atoms with Crippen LogP contribution in [0.3, 0.4) is 0 Å². The van der Waals surface area contributed by atoms with Crippen molar-refractivity contribution in [3.63, 3.8) is 0 Å². The van der Waals surface area contributed by atoms with Crippen LogP contribution in [-0.4, -0.2) is 22.1 Å². The van der Waals surface area contributed by atoms with Gasteiger partial charge in [-0.1, -0.05) is 36.4 Å². The Balaban J connectivity index is 0.00000208. The smallest absolute Gasteiger partial charge is 0.321 e. The Labute approximate surface area is 145 Å². The number of para-hydroxylation sites is 1. The van der Waals surface area contributed by atoms with Gasteiger partial charge in [-0.2, -0.15) is 0 Å². The number of aromatic nitrogens is 1. The molecule has 0 saturated carbocycles. The van der Waals surface area contributed by atoms with Gasteiger partial charge < -0.3 is 22.5 Å². The molecule has 4 nitrogen and oxygen atoms in total. The molecule has 3 aromatic rings. The van der Waals surface area contributed by atoms with Crippen molar-refractivity contribution >= 4 is 16.9 Å². The summed E-state index contributed by atoms with van der Waals surface area (Å²) in [6.07, 6.45) is 2.15. The first-order chi connectivity index (χ1) is 11.1. The van der Waals surface area contributed by atoms with Gasteiger partial charge in [0.05, 0.1) is 0 Å². The standard InChI is InChI=1S/C18H17FN2O2.ClH/c19-15-7-3-1-5-12(15)10-21-17(18(22)23)9-13-11-20-16-8-4-2-6-14(13)16;/h1-8,11,17,20-21H,9-10H2,(H,22,23);1H/p-1. The first kappa shape index (κ1) is 18.0. The Morgan fingerprint density at radius 3 is 2.58 bits per heavy atom. The lowest BCUT2D eigenvalue weighted by molar-refractivity contribution is -0.139. The van der Waals surface area contributed by atoms with Gasteiger partial charge in [-0.25, -0.2) is 4.39 Å². The Morgan fingerprint density at radius 2 is 1.83 bits per heavy atom. The maximum Gasteiger partial charge on any atom is 0.321 e. The third-order valence-electron chi connectivity index (χ3n) is 3.89. The van der Waals surface area contributed by atoms with Crippen LogP contribution in [0.4, 0.5) is 4.39 Å². The number of fused-ring (bicyclic) bond motifs is 1. The minimum Gasteiger partial charge on any atom is -1.00 e. The van der Waals surface area contributed by atoms with Crippen LogP contribution in [0.5, 0.6) is 0 Å². The van der Waals surface area contributed by atoms with Crippen molar-refractivity contribution in [3.8, 4) is 0 Å². The number of rotatable bonds is 6. The molecule has 3 N–H and O–H groups in total. The van der Waals surface area contributed by atoms with Crippen LogP contribution in [0.25, 0.3) is 10.9 Å². The van der Waals surface area contributed by atoms with E-state index in [0.29, 0.717) is 12.0 Å². The van der Waals surface area contributed by atoms with E-state index in [-0.39, 0.29) is 24.8 Å². The van der Waals surface area contributed by atoms with E-state index < -0.39 is 12.0 Å². The van der Waals surface area contributed by atoms with Gasteiger partial charge in [0, 0.05) is 35.6 Å². The molecule has 0 aliphatic carbocycles. The van der Waals surface area contributed by atoms with Crippen molar-refractivity contribution in [2.24, 2.45) is 0 Å². The molecule has 0 saturated heterocycles. The highest BCUT2D eigenvalue weighted by molar-refractivity contribution is 5.84. The summed E-state index contributed by atoms with van der Waals surface area (Å²) in [4.78, 5) is 14.6. The van der Waals surface area contributed by atoms with Gasteiger partial charge in [0.25, 0.3) is 0 Å². The van der Waals surface area contributed by atoms with Gasteiger partial charge in [0.2, 0.25) is 0 Å². The van der Waals surface area contributed by atoms with Crippen LogP contribution in [0.15, 0.2) is 54.7 Å². The number of halogens is 2. The molecule has 3 rings (SSSR count). The zero-order chi connectivity index (χ0) is 16.2. The molecule has 2 aromatic carbocycles. The van der Waals surface area contributed by atoms with Crippen molar-refractivity contribution in [1.82, 2.24) is 10.3 Å². The number of nitrogens with one attached hydrogen (secondary N) is 2. The quantitative estimate of drug-likeness (QED) is 0.592. The second-order valence-corrected chi connectivity index (χ2v) is 5.43. The molecule has 0 bridgehead atoms. The predicted molar refractivity (Wildman–Crippen MR) is 86.7 cm³/mol. The number of hydrogen-bond acceptors (Lipinski definition) is 2. The molecule has 1 atom stereocenters. The fourth-order valence-electron chi connectivity index (χ4n) is 2.64. The van der Waals surface area contributed by atoms with Crippen molar-refractivity contribution in [3.05, 3.63) is 71.7 Å². The molecular weight excluding hydrogens is 331 g/mol. The molecule has 1 aromatic heterocycles. The number of hydrogen-bond donors (Lipinski definition) is 3. The zero-order valence-corrected chi connectivity index (χ0v) is 13.6. The van der Waals surface area contributed by atoms with Gasteiger partial charge in [0.15, 0.2) is 0 Å². The molecule has 0 aliphatic heterocycles. The summed E-state index contributed by atoms with van der Waals surface area (Å²) in [6.45, 7) is 0.173. The summed E-state index contributed by atoms with van der Waals surface area (Å²) in [5, 5.41) is 13.4. The fraction of sp³-hybridized carbons (Fsp3) is 0.167. The Hall–Kier alpha value is -2.37. The first-order valence-corrected chi connectivity index (χ1v) is 7.40. The maximum atomic E-state index is 13.6. The normalized spacial score (nSPS) is 11.9. The van der Waals surface area contributed by atoms with Gasteiger partial charge in [-0.3, -0.25) is 10.1 Å². The average molecular weight is 348 g/mol. The Kier molecular flexibility index (Phi) is 5.95. The highest BCUT2D eigenvalue weighted by atomic mass is 35.5. The zero-order valence-electron chi connectivity index (χ0n) is 12.8. The summed E-state index contributed by atoms with van der Waals surface area (Å²) in [6, 6.07) is 13.3. The lowest BCUT2D eigenvalue weighted by Crippen LogP contribution is -3.00. The van der Waals surface area contributed by atoms with Crippen LogP contribution < -0.4 is 17.7 Å². The number of H-pyrrole nitrogens is 1. The van der Waals surface area contributed by atoms with Crippen LogP contribution in [0.2, 0.25) is 0 Å². The molecule has 0 fully saturated rings. The summed E-state index contributed by atoms with van der Waals surface area (Å²) < 4.78 is 13.6. The topological polar surface area (TPSA) is 65.1 Å². The fourth-order valence-corrected chi connectivity index (χ4v) is 2.64. The number of carboxylic acids is 1. The maximum absolute atomic E-state index is 13.6. The number of benzene rings is 2. The second-order valence-electron chi connectivity index (χ2n) is 5.43. The lowest BCUT2D eigenvalue weighted by atomic mass is 10.0. The van der Waals surface area contributed by atoms with Gasteiger partial charge in [-0.15, -0.1) is 0 Å². The Bertz CT molecular complexity index is 835. The number of aliphatic carboxylic acids is 1. The van der Waals surface area contributed by atoms with E-state index in [2.05, 4.69) is 10.3 Å². The average Bonchev–Trinajstić information content (AvgIpc) is 2.95. The number of carbonyl (C=O) groups is 1. The summed E-state index contributed by atoms with van der Waals surface area (Å²) in [5.41, 5.74) is 2.35. The molecule has 0 radical (unpaired) electrons. The summed E-state index contributed by atoms with van der Waals surface area (Å²) in [7, 11) is 0. The van der Waals surface area contributed by atoms with Crippen molar-refractivity contribution < 1.29 is 26.7 Å². The summed E-state index contributed by atoms with van der Waals surface area (Å²) in [5.74, 6) is -1.29. The second kappa shape index (κ2) is 7.95. The van der Waals surface area contributed by atoms with Crippen LogP contribution >= 0.6 is 0 Å². The minimum atomic E-state index is -0.952. The Morgan fingerprint density at radius 1 is 1.12 bits per heavy atom. The van der Waals surface area contributed by atoms with Crippen molar-refractivity contribution in [2.45, 2.75) is 19.0 Å². The molecule has 1 heterocycles. The first-order valence-electron chi connectivity index (χ1n) is 7.40. The molecule has 126 valence electrons. The lowest BCUT2D eigenvalue weighted by Gasteiger charge is -2.14. The third-order valence-corrected chi connectivity index (χ3v) is 3.89. The van der Waals surface area contributed by atoms with E-state index >= 15 is 0 Å². The van der Waals surface area contributed by atoms with Crippen LogP contribution in [0.1, 0.15) is 11.1 Å². The van der Waals surface area contributed by atoms with Crippen LogP contribution in [-0.2, 0) is 17.8 Å². The third kappa shape index (κ3) is 3.93. The SMILES string of the molecule is O=C(O)C(Cc1c[nH]c2ccccc12)NCc1ccccc1F.[Cl-]. The largest absolute Gasteiger partial charge is 1.00 e. The van der Waals surface area contributed by atoms with Crippen LogP contribution in [0, 0.1) is 5.82 Å². The molecule has 0 amide bonds. The van der Waals surface area contributed by atoms with Gasteiger partial charge >= 0.3 is 5.97 Å². The van der Waals surface area contributed by atoms with Crippen molar-refractivity contribution in [2.75, 3.05) is 0 Å². The van der Waals surface area contributed by atoms with Crippen molar-refractivity contribution in [1.29, 1.82) is 0 Å². The van der Waals surface area contributed by atoms with E-state index in [4.69, 9.17) is 0 Å².